The summed E-state index contributed by atoms with van der Waals surface area (Å²) in [4.78, 5) is 1.85. The molecule has 1 atom stereocenters. The van der Waals surface area contributed by atoms with E-state index in [9.17, 15) is 8.78 Å². The lowest BCUT2D eigenvalue weighted by Crippen LogP contribution is -2.45. The summed E-state index contributed by atoms with van der Waals surface area (Å²) in [7, 11) is -0.920. The molecule has 1 aromatic rings. The van der Waals surface area contributed by atoms with Crippen LogP contribution in [0.5, 0.6) is 0 Å². The molecule has 3 rings (SSSR count). The van der Waals surface area contributed by atoms with E-state index in [1.54, 1.807) is 12.1 Å². The van der Waals surface area contributed by atoms with Crippen molar-refractivity contribution in [3.8, 4) is 0 Å². The molecular weight excluding hydrogens is 339 g/mol. The molecule has 2 aliphatic heterocycles. The maximum absolute atomic E-state index is 14.8. The Hall–Kier alpha value is -1.18. The molecule has 7 heteroatoms. The number of rotatable bonds is 3. The van der Waals surface area contributed by atoms with E-state index in [1.165, 1.54) is 0 Å². The predicted molar refractivity (Wildman–Crippen MR) is 98.9 cm³/mol. The van der Waals surface area contributed by atoms with Crippen LogP contribution in [0.15, 0.2) is 12.1 Å². The van der Waals surface area contributed by atoms with Crippen LogP contribution < -0.4 is 10.4 Å². The highest BCUT2D eigenvalue weighted by molar-refractivity contribution is 6.62. The van der Waals surface area contributed by atoms with Crippen LogP contribution in [0, 0.1) is 17.6 Å². The van der Waals surface area contributed by atoms with E-state index in [1.807, 2.05) is 32.6 Å². The lowest BCUT2D eigenvalue weighted by Gasteiger charge is -2.36. The van der Waals surface area contributed by atoms with Crippen LogP contribution in [0.4, 0.5) is 14.5 Å². The number of ether oxygens (including phenoxy) is 1. The largest absolute Gasteiger partial charge is 0.497 e. The van der Waals surface area contributed by atoms with Gasteiger partial charge in [-0.3, -0.25) is 0 Å². The van der Waals surface area contributed by atoms with Gasteiger partial charge in [0.15, 0.2) is 11.6 Å². The van der Waals surface area contributed by atoms with Crippen LogP contribution in [0.25, 0.3) is 0 Å². The van der Waals surface area contributed by atoms with E-state index in [0.29, 0.717) is 25.6 Å². The average Bonchev–Trinajstić information content (AvgIpc) is 2.77. The van der Waals surface area contributed by atoms with Crippen molar-refractivity contribution in [1.29, 1.82) is 0 Å². The van der Waals surface area contributed by atoms with Crippen molar-refractivity contribution in [1.82, 2.24) is 0 Å². The lowest BCUT2D eigenvalue weighted by molar-refractivity contribution is 0.00578. The van der Waals surface area contributed by atoms with Crippen molar-refractivity contribution < 1.29 is 22.8 Å². The molecule has 26 heavy (non-hydrogen) atoms. The molecule has 0 aromatic heterocycles. The summed E-state index contributed by atoms with van der Waals surface area (Å²) in [5.74, 6) is -1.45. The summed E-state index contributed by atoms with van der Waals surface area (Å²) in [5.41, 5.74) is -0.850. The van der Waals surface area contributed by atoms with Crippen LogP contribution in [0.3, 0.4) is 0 Å². The summed E-state index contributed by atoms with van der Waals surface area (Å²) < 4.78 is 47.1. The van der Waals surface area contributed by atoms with E-state index in [-0.39, 0.29) is 17.3 Å². The Morgan fingerprint density at radius 3 is 2.27 bits per heavy atom. The van der Waals surface area contributed by atoms with Crippen LogP contribution >= 0.6 is 0 Å². The molecular formula is C19H28BF2NO3. The third kappa shape index (κ3) is 3.37. The van der Waals surface area contributed by atoms with E-state index in [2.05, 4.69) is 13.8 Å². The van der Waals surface area contributed by atoms with Crippen LogP contribution in [-0.2, 0) is 14.0 Å². The molecule has 4 nitrogen and oxygen atoms in total. The first-order valence-electron chi connectivity index (χ1n) is 9.23. The normalized spacial score (nSPS) is 25.2. The first-order valence-corrected chi connectivity index (χ1v) is 9.23. The number of nitrogens with zero attached hydrogens (tertiary/aromatic N) is 1. The van der Waals surface area contributed by atoms with Gasteiger partial charge in [0.1, 0.15) is 0 Å². The molecule has 0 aliphatic carbocycles. The maximum Gasteiger partial charge on any atom is 0.497 e. The number of morpholine rings is 1. The van der Waals surface area contributed by atoms with Crippen molar-refractivity contribution in [2.75, 3.05) is 24.6 Å². The molecule has 0 spiro atoms. The Balaban J connectivity index is 1.86. The van der Waals surface area contributed by atoms with Gasteiger partial charge in [-0.05, 0) is 39.7 Å². The minimum Gasteiger partial charge on any atom is -0.399 e. The number of hydrogen-bond acceptors (Lipinski definition) is 4. The molecule has 0 N–H and O–H groups in total. The smallest absolute Gasteiger partial charge is 0.399 e. The standard InChI is InChI=1S/C19H28BF2NO3/c1-12(2)15-11-23(9-10-24-15)14-8-7-13(16(21)17(14)22)20-25-18(3,4)19(5,6)26-20/h7-8,12,15H,9-11H2,1-6H3/t15-/m0/s1. The zero-order valence-corrected chi connectivity index (χ0v) is 16.4. The first kappa shape index (κ1) is 19.6. The van der Waals surface area contributed by atoms with Crippen molar-refractivity contribution in [2.24, 2.45) is 5.92 Å². The number of hydrogen-bond donors (Lipinski definition) is 0. The minimum atomic E-state index is -0.920. The van der Waals surface area contributed by atoms with Gasteiger partial charge in [0.25, 0.3) is 0 Å². The van der Waals surface area contributed by atoms with Gasteiger partial charge < -0.3 is 18.9 Å². The van der Waals surface area contributed by atoms with Gasteiger partial charge in [0.05, 0.1) is 29.6 Å². The van der Waals surface area contributed by atoms with Gasteiger partial charge in [-0.2, -0.15) is 0 Å². The first-order chi connectivity index (χ1) is 12.0. The topological polar surface area (TPSA) is 30.9 Å². The second kappa shape index (κ2) is 6.77. The fourth-order valence-electron chi connectivity index (χ4n) is 3.25. The fourth-order valence-corrected chi connectivity index (χ4v) is 3.25. The van der Waals surface area contributed by atoms with Crippen molar-refractivity contribution in [3.05, 3.63) is 23.8 Å². The van der Waals surface area contributed by atoms with Crippen LogP contribution in [-0.4, -0.2) is 44.1 Å². The monoisotopic (exact) mass is 367 g/mol. The number of halogens is 2. The SMILES string of the molecule is CC(C)[C@@H]1CN(c2ccc(B3OC(C)(C)C(C)(C)O3)c(F)c2F)CCO1. The van der Waals surface area contributed by atoms with Crippen molar-refractivity contribution >= 4 is 18.3 Å². The zero-order valence-electron chi connectivity index (χ0n) is 16.4. The molecule has 144 valence electrons. The van der Waals surface area contributed by atoms with E-state index in [0.717, 1.165) is 0 Å². The molecule has 2 saturated heterocycles. The Morgan fingerprint density at radius 2 is 1.69 bits per heavy atom. The molecule has 2 fully saturated rings. The molecule has 2 aliphatic rings. The van der Waals surface area contributed by atoms with E-state index < -0.39 is 30.0 Å². The Kier molecular flexibility index (Phi) is 5.10. The van der Waals surface area contributed by atoms with Crippen molar-refractivity contribution in [2.45, 2.75) is 58.8 Å². The van der Waals surface area contributed by atoms with Crippen LogP contribution in [0.1, 0.15) is 41.5 Å². The lowest BCUT2D eigenvalue weighted by atomic mass is 9.78. The third-order valence-corrected chi connectivity index (χ3v) is 5.78. The van der Waals surface area contributed by atoms with Crippen molar-refractivity contribution in [3.63, 3.8) is 0 Å². The summed E-state index contributed by atoms with van der Waals surface area (Å²) >= 11 is 0. The van der Waals surface area contributed by atoms with E-state index in [4.69, 9.17) is 14.0 Å². The highest BCUT2D eigenvalue weighted by Gasteiger charge is 2.52. The molecule has 2 heterocycles. The Morgan fingerprint density at radius 1 is 1.08 bits per heavy atom. The molecule has 0 saturated carbocycles. The summed E-state index contributed by atoms with van der Waals surface area (Å²) in [5, 5.41) is 0. The van der Waals surface area contributed by atoms with E-state index >= 15 is 0 Å². The molecule has 1 aromatic carbocycles. The Bertz CT molecular complexity index is 665. The third-order valence-electron chi connectivity index (χ3n) is 5.78. The van der Waals surface area contributed by atoms with Gasteiger partial charge >= 0.3 is 7.12 Å². The maximum atomic E-state index is 14.8. The van der Waals surface area contributed by atoms with Gasteiger partial charge in [0, 0.05) is 18.6 Å². The minimum absolute atomic E-state index is 0.00832. The number of anilines is 1. The fraction of sp³-hybridized carbons (Fsp3) is 0.684. The van der Waals surface area contributed by atoms with Gasteiger partial charge in [-0.15, -0.1) is 0 Å². The summed E-state index contributed by atoms with van der Waals surface area (Å²) in [6.45, 7) is 13.2. The second-order valence-corrected chi connectivity index (χ2v) is 8.49. The van der Waals surface area contributed by atoms with Gasteiger partial charge in [-0.1, -0.05) is 19.9 Å². The Labute approximate surface area is 154 Å². The second-order valence-electron chi connectivity index (χ2n) is 8.49. The number of benzene rings is 1. The summed E-state index contributed by atoms with van der Waals surface area (Å²) in [6, 6.07) is 3.18. The average molecular weight is 367 g/mol. The predicted octanol–water partition coefficient (Wildman–Crippen LogP) is 3.13. The van der Waals surface area contributed by atoms with Gasteiger partial charge in [-0.25, -0.2) is 8.78 Å². The quantitative estimate of drug-likeness (QED) is 0.769. The molecule has 0 amide bonds. The zero-order chi connectivity index (χ0) is 19.3. The van der Waals surface area contributed by atoms with Crippen LogP contribution in [0.2, 0.25) is 0 Å². The highest BCUT2D eigenvalue weighted by atomic mass is 19.2. The van der Waals surface area contributed by atoms with Gasteiger partial charge in [0.2, 0.25) is 0 Å². The molecule has 0 radical (unpaired) electrons. The molecule has 0 bridgehead atoms. The highest BCUT2D eigenvalue weighted by Crippen LogP contribution is 2.37. The molecule has 0 unspecified atom stereocenters. The summed E-state index contributed by atoms with van der Waals surface area (Å²) in [6.07, 6.45) is 0.00832.